The van der Waals surface area contributed by atoms with Crippen molar-refractivity contribution in [2.75, 3.05) is 0 Å². The van der Waals surface area contributed by atoms with Crippen LogP contribution in [-0.4, -0.2) is 11.3 Å². The van der Waals surface area contributed by atoms with Gasteiger partial charge in [0.2, 0.25) is 0 Å². The van der Waals surface area contributed by atoms with Crippen molar-refractivity contribution in [1.29, 1.82) is 5.26 Å². The first-order chi connectivity index (χ1) is 6.92. The molecule has 3 nitrogen and oxygen atoms in total. The highest BCUT2D eigenvalue weighted by molar-refractivity contribution is 5.32. The Kier molecular flexibility index (Phi) is 3.14. The van der Waals surface area contributed by atoms with E-state index in [1.165, 1.54) is 13.1 Å². The molecule has 0 aromatic carbocycles. The van der Waals surface area contributed by atoms with Gasteiger partial charge in [0.15, 0.2) is 0 Å². The van der Waals surface area contributed by atoms with E-state index in [0.717, 1.165) is 6.07 Å². The fourth-order valence-corrected chi connectivity index (χ4v) is 0.958. The summed E-state index contributed by atoms with van der Waals surface area (Å²) in [4.78, 5) is 3.79. The molecule has 1 aromatic heterocycles. The van der Waals surface area contributed by atoms with Crippen molar-refractivity contribution < 1.29 is 17.9 Å². The largest absolute Gasteiger partial charge is 0.573 e. The van der Waals surface area contributed by atoms with Gasteiger partial charge >= 0.3 is 6.36 Å². The third kappa shape index (κ3) is 3.46. The molecule has 0 N–H and O–H groups in total. The highest BCUT2D eigenvalue weighted by Crippen LogP contribution is 2.25. The van der Waals surface area contributed by atoms with Crippen LogP contribution < -0.4 is 4.74 Å². The standard InChI is InChI=1S/C9H7F3N2O/c1-6-5-14-7(2-3-13)4-8(6)15-9(10,11)12/h4-5H,2H2,1H3. The van der Waals surface area contributed by atoms with Gasteiger partial charge in [-0.2, -0.15) is 5.26 Å². The van der Waals surface area contributed by atoms with Crippen LogP contribution >= 0.6 is 0 Å². The van der Waals surface area contributed by atoms with E-state index in [4.69, 9.17) is 5.26 Å². The molecule has 15 heavy (non-hydrogen) atoms. The van der Waals surface area contributed by atoms with E-state index in [1.54, 1.807) is 6.07 Å². The molecule has 0 spiro atoms. The molecule has 0 saturated carbocycles. The Hall–Kier alpha value is -1.77. The van der Waals surface area contributed by atoms with E-state index < -0.39 is 6.36 Å². The van der Waals surface area contributed by atoms with Crippen LogP contribution in [0.2, 0.25) is 0 Å². The molecule has 1 heterocycles. The Labute approximate surface area is 84.1 Å². The number of alkyl halides is 3. The molecule has 0 amide bonds. The summed E-state index contributed by atoms with van der Waals surface area (Å²) in [5, 5.41) is 8.36. The van der Waals surface area contributed by atoms with Crippen molar-refractivity contribution in [3.63, 3.8) is 0 Å². The summed E-state index contributed by atoms with van der Waals surface area (Å²) in [6.07, 6.45) is -3.53. The van der Waals surface area contributed by atoms with E-state index in [1.807, 2.05) is 0 Å². The molecular formula is C9H7F3N2O. The van der Waals surface area contributed by atoms with Crippen molar-refractivity contribution >= 4 is 0 Å². The number of hydrogen-bond donors (Lipinski definition) is 0. The molecule has 0 radical (unpaired) electrons. The number of hydrogen-bond acceptors (Lipinski definition) is 3. The van der Waals surface area contributed by atoms with Gasteiger partial charge in [0, 0.05) is 17.8 Å². The van der Waals surface area contributed by atoms with Crippen LogP contribution in [0.25, 0.3) is 0 Å². The Bertz CT molecular complexity index is 395. The minimum atomic E-state index is -4.73. The number of halogens is 3. The molecule has 0 fully saturated rings. The minimum Gasteiger partial charge on any atom is -0.405 e. The van der Waals surface area contributed by atoms with Crippen LogP contribution in [0.3, 0.4) is 0 Å². The summed E-state index contributed by atoms with van der Waals surface area (Å²) in [6.45, 7) is 1.45. The summed E-state index contributed by atoms with van der Waals surface area (Å²) in [5.74, 6) is -0.317. The van der Waals surface area contributed by atoms with Crippen molar-refractivity contribution in [1.82, 2.24) is 4.98 Å². The first-order valence-electron chi connectivity index (χ1n) is 4.00. The Morgan fingerprint density at radius 2 is 2.20 bits per heavy atom. The van der Waals surface area contributed by atoms with Crippen molar-refractivity contribution in [3.05, 3.63) is 23.5 Å². The lowest BCUT2D eigenvalue weighted by atomic mass is 10.2. The molecule has 0 unspecified atom stereocenters. The zero-order chi connectivity index (χ0) is 11.5. The average Bonchev–Trinajstić information content (AvgIpc) is 2.09. The van der Waals surface area contributed by atoms with Crippen molar-refractivity contribution in [2.45, 2.75) is 19.7 Å². The summed E-state index contributed by atoms with van der Waals surface area (Å²) < 4.78 is 39.6. The predicted octanol–water partition coefficient (Wildman–Crippen LogP) is 2.35. The second-order valence-electron chi connectivity index (χ2n) is 2.82. The summed E-state index contributed by atoms with van der Waals surface area (Å²) in [7, 11) is 0. The smallest absolute Gasteiger partial charge is 0.405 e. The number of ether oxygens (including phenoxy) is 1. The molecule has 1 aromatic rings. The quantitative estimate of drug-likeness (QED) is 0.762. The fraction of sp³-hybridized carbons (Fsp3) is 0.333. The van der Waals surface area contributed by atoms with Crippen LogP contribution in [-0.2, 0) is 6.42 Å². The number of aromatic nitrogens is 1. The number of aryl methyl sites for hydroxylation is 1. The predicted molar refractivity (Wildman–Crippen MR) is 45.0 cm³/mol. The SMILES string of the molecule is Cc1cnc(CC#N)cc1OC(F)(F)F. The number of pyridine rings is 1. The molecule has 0 saturated heterocycles. The van der Waals surface area contributed by atoms with E-state index >= 15 is 0 Å². The van der Waals surface area contributed by atoms with E-state index in [2.05, 4.69) is 9.72 Å². The van der Waals surface area contributed by atoms with Gasteiger partial charge in [-0.25, -0.2) is 0 Å². The lowest BCUT2D eigenvalue weighted by Gasteiger charge is -2.11. The molecule has 0 aliphatic carbocycles. The van der Waals surface area contributed by atoms with Gasteiger partial charge in [-0.3, -0.25) is 4.98 Å². The number of nitrogens with zero attached hydrogens (tertiary/aromatic N) is 2. The van der Waals surface area contributed by atoms with E-state index in [-0.39, 0.29) is 23.4 Å². The second kappa shape index (κ2) is 4.17. The van der Waals surface area contributed by atoms with Crippen molar-refractivity contribution in [3.8, 4) is 11.8 Å². The number of rotatable bonds is 2. The van der Waals surface area contributed by atoms with Gasteiger partial charge in [-0.15, -0.1) is 13.2 Å². The minimum absolute atomic E-state index is 0.0471. The molecule has 0 bridgehead atoms. The van der Waals surface area contributed by atoms with Crippen LogP contribution in [0.1, 0.15) is 11.3 Å². The molecular weight excluding hydrogens is 209 g/mol. The van der Waals surface area contributed by atoms with Gasteiger partial charge in [0.05, 0.1) is 18.2 Å². The first-order valence-corrected chi connectivity index (χ1v) is 4.00. The Morgan fingerprint density at radius 1 is 1.53 bits per heavy atom. The Morgan fingerprint density at radius 3 is 2.73 bits per heavy atom. The van der Waals surface area contributed by atoms with Crippen LogP contribution in [0.5, 0.6) is 5.75 Å². The third-order valence-corrected chi connectivity index (χ3v) is 1.60. The highest BCUT2D eigenvalue weighted by Gasteiger charge is 2.31. The van der Waals surface area contributed by atoms with Crippen LogP contribution in [0.15, 0.2) is 12.3 Å². The van der Waals surface area contributed by atoms with Gasteiger partial charge < -0.3 is 4.74 Å². The topological polar surface area (TPSA) is 45.9 Å². The lowest BCUT2D eigenvalue weighted by molar-refractivity contribution is -0.274. The molecule has 0 atom stereocenters. The zero-order valence-corrected chi connectivity index (χ0v) is 7.80. The Balaban J connectivity index is 2.96. The van der Waals surface area contributed by atoms with E-state index in [9.17, 15) is 13.2 Å². The average molecular weight is 216 g/mol. The van der Waals surface area contributed by atoms with Crippen molar-refractivity contribution in [2.24, 2.45) is 0 Å². The summed E-state index contributed by atoms with van der Waals surface area (Å²) >= 11 is 0. The summed E-state index contributed by atoms with van der Waals surface area (Å²) in [5.41, 5.74) is 0.524. The third-order valence-electron chi connectivity index (χ3n) is 1.60. The van der Waals surface area contributed by atoms with Gasteiger partial charge in [0.1, 0.15) is 5.75 Å². The molecule has 1 rings (SSSR count). The normalized spacial score (nSPS) is 10.9. The molecule has 0 aliphatic rings. The maximum Gasteiger partial charge on any atom is 0.573 e. The molecule has 6 heteroatoms. The molecule has 0 aliphatic heterocycles. The van der Waals surface area contributed by atoms with Crippen LogP contribution in [0.4, 0.5) is 13.2 Å². The van der Waals surface area contributed by atoms with Gasteiger partial charge in [-0.1, -0.05) is 0 Å². The maximum atomic E-state index is 11.9. The highest BCUT2D eigenvalue weighted by atomic mass is 19.4. The lowest BCUT2D eigenvalue weighted by Crippen LogP contribution is -2.18. The zero-order valence-electron chi connectivity index (χ0n) is 7.80. The monoisotopic (exact) mass is 216 g/mol. The van der Waals surface area contributed by atoms with Crippen LogP contribution in [0, 0.1) is 18.3 Å². The number of nitriles is 1. The second-order valence-corrected chi connectivity index (χ2v) is 2.82. The molecule has 80 valence electrons. The summed E-state index contributed by atoms with van der Waals surface area (Å²) in [6, 6.07) is 2.91. The van der Waals surface area contributed by atoms with Gasteiger partial charge in [0.25, 0.3) is 0 Å². The van der Waals surface area contributed by atoms with Gasteiger partial charge in [-0.05, 0) is 6.92 Å². The van der Waals surface area contributed by atoms with E-state index in [0.29, 0.717) is 0 Å². The first kappa shape index (κ1) is 11.3. The maximum absolute atomic E-state index is 11.9. The fourth-order valence-electron chi connectivity index (χ4n) is 0.958.